The Kier molecular flexibility index (Phi) is 9.71. The van der Waals surface area contributed by atoms with Crippen LogP contribution in [0.15, 0.2) is 49.3 Å². The molecular weight excluding hydrogens is 508 g/mol. The molecule has 4 rings (SSSR count). The van der Waals surface area contributed by atoms with Crippen LogP contribution in [0.5, 0.6) is 6.01 Å². The molecule has 3 aromatic rings. The van der Waals surface area contributed by atoms with Gasteiger partial charge in [0, 0.05) is 61.2 Å². The summed E-state index contributed by atoms with van der Waals surface area (Å²) in [6.45, 7) is 10.2. The Hall–Kier alpha value is -4.42. The van der Waals surface area contributed by atoms with Gasteiger partial charge in [0.1, 0.15) is 6.10 Å². The minimum absolute atomic E-state index is 0.0317. The third-order valence-electron chi connectivity index (χ3n) is 6.16. The molecule has 1 saturated heterocycles. The van der Waals surface area contributed by atoms with Crippen LogP contribution in [0.1, 0.15) is 42.6 Å². The van der Waals surface area contributed by atoms with Crippen molar-refractivity contribution >= 4 is 41.5 Å². The molecule has 0 radical (unpaired) electrons. The first kappa shape index (κ1) is 28.6. The van der Waals surface area contributed by atoms with Crippen LogP contribution in [0.25, 0.3) is 0 Å². The number of likely N-dealkylation sites (N-methyl/N-ethyl adjacent to an activating group) is 1. The number of nitrogens with one attached hydrogen (secondary N) is 4. The maximum Gasteiger partial charge on any atom is 0.318 e. The smallest absolute Gasteiger partial charge is 0.318 e. The van der Waals surface area contributed by atoms with Gasteiger partial charge in [-0.15, -0.1) is 6.58 Å². The Bertz CT molecular complexity index is 1330. The first-order chi connectivity index (χ1) is 19.4. The summed E-state index contributed by atoms with van der Waals surface area (Å²) in [5.74, 6) is 1.08. The topological polar surface area (TPSA) is 144 Å². The zero-order valence-electron chi connectivity index (χ0n) is 23.1. The lowest BCUT2D eigenvalue weighted by Gasteiger charge is -2.32. The molecule has 1 aliphatic heterocycles. The van der Waals surface area contributed by atoms with Crippen molar-refractivity contribution in [3.63, 3.8) is 0 Å². The number of carbonyl (C=O) groups is 1. The zero-order valence-corrected chi connectivity index (χ0v) is 23.1. The zero-order chi connectivity index (χ0) is 28.5. The molecule has 12 heteroatoms. The number of hydrogen-bond donors (Lipinski definition) is 4. The highest BCUT2D eigenvalue weighted by atomic mass is 16.5. The van der Waals surface area contributed by atoms with Gasteiger partial charge in [-0.05, 0) is 58.0 Å². The van der Waals surface area contributed by atoms with E-state index >= 15 is 0 Å². The van der Waals surface area contributed by atoms with Crippen LogP contribution in [-0.4, -0.2) is 76.3 Å². The lowest BCUT2D eigenvalue weighted by Crippen LogP contribution is -2.38. The van der Waals surface area contributed by atoms with Crippen LogP contribution < -0.4 is 25.7 Å². The van der Waals surface area contributed by atoms with Gasteiger partial charge >= 0.3 is 6.01 Å². The van der Waals surface area contributed by atoms with E-state index in [2.05, 4.69) is 37.5 Å². The summed E-state index contributed by atoms with van der Waals surface area (Å²) in [4.78, 5) is 30.1. The van der Waals surface area contributed by atoms with E-state index in [0.717, 1.165) is 37.2 Å². The van der Waals surface area contributed by atoms with E-state index in [1.54, 1.807) is 23.3 Å². The fourth-order valence-corrected chi connectivity index (χ4v) is 4.31. The van der Waals surface area contributed by atoms with Gasteiger partial charge in [-0.2, -0.15) is 9.97 Å². The van der Waals surface area contributed by atoms with E-state index in [4.69, 9.17) is 15.1 Å². The predicted molar refractivity (Wildman–Crippen MR) is 157 cm³/mol. The molecule has 0 saturated carbocycles. The van der Waals surface area contributed by atoms with Crippen LogP contribution >= 0.6 is 0 Å². The van der Waals surface area contributed by atoms with Gasteiger partial charge in [-0.1, -0.05) is 6.08 Å². The molecule has 2 aromatic heterocycles. The summed E-state index contributed by atoms with van der Waals surface area (Å²) < 4.78 is 6.07. The highest BCUT2D eigenvalue weighted by Gasteiger charge is 2.23. The number of aromatic nitrogens is 4. The molecule has 3 heterocycles. The lowest BCUT2D eigenvalue weighted by molar-refractivity contribution is 0.112. The van der Waals surface area contributed by atoms with Gasteiger partial charge < -0.3 is 26.1 Å². The fraction of sp³-hybridized carbons (Fsp3) is 0.357. The van der Waals surface area contributed by atoms with E-state index < -0.39 is 0 Å². The number of nitrogens with zero attached hydrogens (tertiary/aromatic N) is 6. The monoisotopic (exact) mass is 544 g/mol. The number of anilines is 5. The van der Waals surface area contributed by atoms with E-state index in [0.29, 0.717) is 30.2 Å². The second kappa shape index (κ2) is 13.6. The normalized spacial score (nSPS) is 13.6. The predicted octanol–water partition coefficient (Wildman–Crippen LogP) is 3.94. The molecule has 0 aliphatic carbocycles. The molecule has 1 aliphatic rings. The summed E-state index contributed by atoms with van der Waals surface area (Å²) in [6, 6.07) is 7.84. The number of piperidine rings is 1. The average molecular weight is 545 g/mol. The highest BCUT2D eigenvalue weighted by Crippen LogP contribution is 2.29. The quantitative estimate of drug-likeness (QED) is 0.107. The Morgan fingerprint density at radius 1 is 1.20 bits per heavy atom. The molecule has 0 bridgehead atoms. The van der Waals surface area contributed by atoms with Crippen molar-refractivity contribution in [1.82, 2.24) is 30.3 Å². The van der Waals surface area contributed by atoms with Crippen LogP contribution in [0.4, 0.5) is 29.0 Å². The molecule has 1 fully saturated rings. The largest absolute Gasteiger partial charge is 0.460 e. The number of carbonyl (C=O) groups excluding carboxylic acids is 1. The summed E-state index contributed by atoms with van der Waals surface area (Å²) in [7, 11) is 1.84. The molecule has 1 aromatic carbocycles. The molecule has 12 nitrogen and oxygen atoms in total. The van der Waals surface area contributed by atoms with Gasteiger partial charge in [0.05, 0.1) is 5.56 Å². The van der Waals surface area contributed by atoms with E-state index in [1.807, 2.05) is 44.1 Å². The number of aldehydes is 1. The molecule has 0 unspecified atom stereocenters. The van der Waals surface area contributed by atoms with Crippen LogP contribution in [0.2, 0.25) is 0 Å². The second-order valence-corrected chi connectivity index (χ2v) is 9.67. The van der Waals surface area contributed by atoms with Gasteiger partial charge in [-0.25, -0.2) is 20.0 Å². The van der Waals surface area contributed by atoms with Crippen molar-refractivity contribution in [2.24, 2.45) is 0 Å². The van der Waals surface area contributed by atoms with Crippen molar-refractivity contribution < 1.29 is 9.53 Å². The average Bonchev–Trinajstić information content (AvgIpc) is 2.95. The van der Waals surface area contributed by atoms with Gasteiger partial charge in [-0.3, -0.25) is 4.79 Å². The molecule has 0 amide bonds. The first-order valence-electron chi connectivity index (χ1n) is 13.2. The maximum atomic E-state index is 12.1. The number of ether oxygens (including phenoxy) is 1. The molecule has 210 valence electrons. The van der Waals surface area contributed by atoms with E-state index in [9.17, 15) is 4.79 Å². The van der Waals surface area contributed by atoms with Crippen molar-refractivity contribution in [3.05, 3.63) is 60.4 Å². The molecule has 0 atom stereocenters. The maximum absolute atomic E-state index is 12.1. The van der Waals surface area contributed by atoms with Crippen molar-refractivity contribution in [3.8, 4) is 6.01 Å². The number of hydrogen-bond acceptors (Lipinski definition) is 12. The first-order valence-corrected chi connectivity index (χ1v) is 13.2. The summed E-state index contributed by atoms with van der Waals surface area (Å²) in [6.07, 6.45) is 8.61. The Labute approximate surface area is 234 Å². The lowest BCUT2D eigenvalue weighted by atomic mass is 10.1. The summed E-state index contributed by atoms with van der Waals surface area (Å²) in [5.41, 5.74) is 2.55. The van der Waals surface area contributed by atoms with Crippen LogP contribution in [0, 0.1) is 5.41 Å². The van der Waals surface area contributed by atoms with Crippen molar-refractivity contribution in [1.29, 1.82) is 5.41 Å². The Morgan fingerprint density at radius 3 is 2.70 bits per heavy atom. The van der Waals surface area contributed by atoms with Crippen molar-refractivity contribution in [2.75, 3.05) is 42.3 Å². The standard InChI is InChI=1S/C28H36N10O2/c1-5-14-37(4)38(25-10-13-31-28(35-25)40-23-8-11-30-12-9-23)26-21(18-39)17-32-27(36-26)34-22-6-7-24(33-19(2)3)20(15-22)16-29/h5-7,10,13,15-19,23,29-30,33H,1,8-9,11-12,14H2,2-4H3,(H,32,34,36). The Morgan fingerprint density at radius 2 is 2.00 bits per heavy atom. The van der Waals surface area contributed by atoms with E-state index in [-0.39, 0.29) is 29.7 Å². The Balaban J connectivity index is 1.68. The number of rotatable bonds is 13. The van der Waals surface area contributed by atoms with Crippen LogP contribution in [-0.2, 0) is 0 Å². The fourth-order valence-electron chi connectivity index (χ4n) is 4.31. The second-order valence-electron chi connectivity index (χ2n) is 9.67. The summed E-state index contributed by atoms with van der Waals surface area (Å²) in [5, 5.41) is 21.2. The third kappa shape index (κ3) is 7.16. The van der Waals surface area contributed by atoms with Gasteiger partial charge in [0.2, 0.25) is 5.95 Å². The molecular formula is C28H36N10O2. The van der Waals surface area contributed by atoms with E-state index in [1.165, 1.54) is 12.4 Å². The van der Waals surface area contributed by atoms with Gasteiger partial charge in [0.15, 0.2) is 17.9 Å². The number of hydrazine groups is 1. The summed E-state index contributed by atoms with van der Waals surface area (Å²) >= 11 is 0. The molecule has 40 heavy (non-hydrogen) atoms. The molecule has 0 spiro atoms. The van der Waals surface area contributed by atoms with Gasteiger partial charge in [0.25, 0.3) is 0 Å². The number of benzene rings is 1. The van der Waals surface area contributed by atoms with Crippen LogP contribution in [0.3, 0.4) is 0 Å². The van der Waals surface area contributed by atoms with Crippen molar-refractivity contribution in [2.45, 2.75) is 38.8 Å². The minimum atomic E-state index is 0.0317. The molecule has 4 N–H and O–H groups in total. The minimum Gasteiger partial charge on any atom is -0.460 e. The SMILES string of the molecule is C=CCN(C)N(c1ccnc(OC2CCNCC2)n1)c1nc(Nc2ccc(NC(C)C)c(C=N)c2)ncc1C=O. The third-order valence-corrected chi connectivity index (χ3v) is 6.16. The highest BCUT2D eigenvalue weighted by molar-refractivity contribution is 5.88.